The maximum atomic E-state index is 13.8. The molecule has 2 aromatic carbocycles. The van der Waals surface area contributed by atoms with Crippen molar-refractivity contribution < 1.29 is 40.3 Å². The molecular weight excluding hydrogens is 553 g/mol. The molecule has 0 saturated heterocycles. The van der Waals surface area contributed by atoms with Gasteiger partial charge in [-0.05, 0) is 98.2 Å². The van der Waals surface area contributed by atoms with Gasteiger partial charge in [0.15, 0.2) is 21.5 Å². The van der Waals surface area contributed by atoms with Gasteiger partial charge in [-0.2, -0.15) is 13.2 Å². The van der Waals surface area contributed by atoms with Crippen molar-refractivity contribution in [2.45, 2.75) is 76.4 Å². The minimum absolute atomic E-state index is 0.192. The summed E-state index contributed by atoms with van der Waals surface area (Å²) < 4.78 is 83.4. The summed E-state index contributed by atoms with van der Waals surface area (Å²) in [5.41, 5.74) is 4.64. The van der Waals surface area contributed by atoms with E-state index in [0.29, 0.717) is 30.6 Å². The molecule has 2 atom stereocenters. The van der Waals surface area contributed by atoms with E-state index in [1.165, 1.54) is 28.8 Å². The summed E-state index contributed by atoms with van der Waals surface area (Å²) in [5.74, 6) is -3.11. The van der Waals surface area contributed by atoms with Gasteiger partial charge in [-0.25, -0.2) is 22.0 Å². The fourth-order valence-electron chi connectivity index (χ4n) is 5.16. The zero-order valence-electron chi connectivity index (χ0n) is 22.4. The molecule has 222 valence electrons. The highest BCUT2D eigenvalue weighted by Gasteiger charge is 2.38. The van der Waals surface area contributed by atoms with Crippen molar-refractivity contribution in [3.05, 3.63) is 70.3 Å². The predicted octanol–water partition coefficient (Wildman–Crippen LogP) is 6.00. The Morgan fingerprint density at radius 1 is 1.00 bits per heavy atom. The van der Waals surface area contributed by atoms with Crippen molar-refractivity contribution in [3.63, 3.8) is 0 Å². The standard InChI is InChI=1S/C27H35F2NO2S.C2HF3O2/c1-2-30-27-13-11-22-10-8-19(5-3-4-14-33(31,32)18-20-6-7-20)15-23(22)24(27)16-21-9-12-25(28)26(29)17-21;3-2(4,5)1(6)7/h8-10,12,15,17,20,24,27,30H,2-7,11,13-14,16,18H2,1H3;(H,6,7). The highest BCUT2D eigenvalue weighted by Crippen LogP contribution is 2.36. The second-order valence-electron chi connectivity index (χ2n) is 10.6. The van der Waals surface area contributed by atoms with Crippen LogP contribution in [0.5, 0.6) is 0 Å². The monoisotopic (exact) mass is 589 g/mol. The van der Waals surface area contributed by atoms with Gasteiger partial charge >= 0.3 is 12.1 Å². The van der Waals surface area contributed by atoms with Gasteiger partial charge in [0, 0.05) is 12.0 Å². The first-order chi connectivity index (χ1) is 18.8. The van der Waals surface area contributed by atoms with Crippen LogP contribution in [-0.2, 0) is 33.9 Å². The van der Waals surface area contributed by atoms with Gasteiger partial charge in [0.2, 0.25) is 0 Å². The largest absolute Gasteiger partial charge is 0.490 e. The summed E-state index contributed by atoms with van der Waals surface area (Å²) in [5, 5.41) is 10.7. The molecule has 1 fully saturated rings. The number of aryl methyl sites for hydroxylation is 2. The fraction of sp³-hybridized carbons (Fsp3) is 0.552. The summed E-state index contributed by atoms with van der Waals surface area (Å²) in [6.07, 6.45) is 2.13. The van der Waals surface area contributed by atoms with Crippen LogP contribution in [0, 0.1) is 17.6 Å². The number of hydrogen-bond donors (Lipinski definition) is 2. The van der Waals surface area contributed by atoms with Crippen molar-refractivity contribution in [1.82, 2.24) is 5.32 Å². The van der Waals surface area contributed by atoms with Gasteiger partial charge in [0.1, 0.15) is 0 Å². The molecule has 0 bridgehead atoms. The third kappa shape index (κ3) is 9.83. The number of likely N-dealkylation sites (N-methyl/N-ethyl adjacent to an activating group) is 1. The number of unbranched alkanes of at least 4 members (excludes halogenated alkanes) is 1. The van der Waals surface area contributed by atoms with Crippen LogP contribution in [-0.4, -0.2) is 49.8 Å². The van der Waals surface area contributed by atoms with Crippen LogP contribution < -0.4 is 5.32 Å². The molecule has 5 nitrogen and oxygen atoms in total. The van der Waals surface area contributed by atoms with Gasteiger partial charge < -0.3 is 10.4 Å². The first kappa shape index (κ1) is 32.0. The number of nitrogens with one attached hydrogen (secondary N) is 1. The summed E-state index contributed by atoms with van der Waals surface area (Å²) in [6, 6.07) is 11.1. The van der Waals surface area contributed by atoms with E-state index in [1.807, 2.05) is 0 Å². The third-order valence-electron chi connectivity index (χ3n) is 7.33. The van der Waals surface area contributed by atoms with E-state index in [4.69, 9.17) is 9.90 Å². The normalized spacial score (nSPS) is 18.9. The Morgan fingerprint density at radius 3 is 2.27 bits per heavy atom. The molecule has 2 aromatic rings. The molecule has 0 amide bonds. The van der Waals surface area contributed by atoms with Gasteiger partial charge in [0.25, 0.3) is 0 Å². The average molecular weight is 590 g/mol. The Balaban J connectivity index is 0.000000559. The molecule has 4 rings (SSSR count). The van der Waals surface area contributed by atoms with Crippen LogP contribution in [0.2, 0.25) is 0 Å². The number of carboxylic acids is 1. The maximum absolute atomic E-state index is 13.8. The van der Waals surface area contributed by atoms with Crippen LogP contribution in [0.15, 0.2) is 36.4 Å². The molecule has 40 heavy (non-hydrogen) atoms. The summed E-state index contributed by atoms with van der Waals surface area (Å²) in [6.45, 7) is 2.96. The van der Waals surface area contributed by atoms with Gasteiger partial charge in [-0.1, -0.05) is 31.2 Å². The molecule has 2 unspecified atom stereocenters. The number of halogens is 5. The minimum Gasteiger partial charge on any atom is -0.475 e. The van der Waals surface area contributed by atoms with Gasteiger partial charge in [-0.15, -0.1) is 0 Å². The highest BCUT2D eigenvalue weighted by atomic mass is 32.2. The molecule has 0 aliphatic heterocycles. The molecule has 0 spiro atoms. The van der Waals surface area contributed by atoms with E-state index in [1.54, 1.807) is 6.07 Å². The third-order valence-corrected chi connectivity index (χ3v) is 9.22. The topological polar surface area (TPSA) is 83.5 Å². The van der Waals surface area contributed by atoms with Crippen molar-refractivity contribution in [2.75, 3.05) is 18.1 Å². The molecule has 2 aliphatic carbocycles. The Hall–Kier alpha value is -2.53. The minimum atomic E-state index is -5.08. The van der Waals surface area contributed by atoms with Crippen LogP contribution in [0.3, 0.4) is 0 Å². The van der Waals surface area contributed by atoms with Crippen molar-refractivity contribution in [1.29, 1.82) is 0 Å². The predicted molar refractivity (Wildman–Crippen MR) is 143 cm³/mol. The lowest BCUT2D eigenvalue weighted by atomic mass is 9.75. The molecule has 11 heteroatoms. The highest BCUT2D eigenvalue weighted by molar-refractivity contribution is 7.91. The van der Waals surface area contributed by atoms with Crippen molar-refractivity contribution >= 4 is 15.8 Å². The Bertz CT molecular complexity index is 1260. The van der Waals surface area contributed by atoms with Crippen LogP contribution in [0.1, 0.15) is 67.2 Å². The Morgan fingerprint density at radius 2 is 1.68 bits per heavy atom. The molecule has 2 aliphatic rings. The first-order valence-corrected chi connectivity index (χ1v) is 15.4. The number of rotatable bonds is 11. The molecule has 0 aromatic heterocycles. The summed E-state index contributed by atoms with van der Waals surface area (Å²) >= 11 is 0. The van der Waals surface area contributed by atoms with Crippen molar-refractivity contribution in [3.8, 4) is 0 Å². The Kier molecular flexibility index (Phi) is 11.1. The van der Waals surface area contributed by atoms with E-state index in [0.717, 1.165) is 50.6 Å². The number of sulfone groups is 1. The van der Waals surface area contributed by atoms with Crippen LogP contribution in [0.25, 0.3) is 0 Å². The molecule has 0 heterocycles. The molecule has 2 N–H and O–H groups in total. The number of carboxylic acid groups (broad SMARTS) is 1. The van der Waals surface area contributed by atoms with E-state index >= 15 is 0 Å². The van der Waals surface area contributed by atoms with E-state index in [-0.39, 0.29) is 11.7 Å². The van der Waals surface area contributed by atoms with Gasteiger partial charge in [-0.3, -0.25) is 0 Å². The maximum Gasteiger partial charge on any atom is 0.490 e. The number of alkyl halides is 3. The quantitative estimate of drug-likeness (QED) is 0.248. The van der Waals surface area contributed by atoms with Crippen LogP contribution in [0.4, 0.5) is 22.0 Å². The zero-order valence-corrected chi connectivity index (χ0v) is 23.3. The number of carbonyl (C=O) groups is 1. The fourth-order valence-corrected chi connectivity index (χ4v) is 7.02. The summed E-state index contributed by atoms with van der Waals surface area (Å²) in [4.78, 5) is 8.90. The average Bonchev–Trinajstić information content (AvgIpc) is 3.68. The second-order valence-corrected chi connectivity index (χ2v) is 12.8. The first-order valence-electron chi connectivity index (χ1n) is 13.6. The number of aliphatic carboxylic acids is 1. The van der Waals surface area contributed by atoms with Crippen LogP contribution >= 0.6 is 0 Å². The zero-order chi connectivity index (χ0) is 29.5. The molecule has 0 radical (unpaired) electrons. The molecule has 1 saturated carbocycles. The lowest BCUT2D eigenvalue weighted by molar-refractivity contribution is -0.192. The second kappa shape index (κ2) is 13.9. The lowest BCUT2D eigenvalue weighted by Crippen LogP contribution is -2.39. The summed E-state index contributed by atoms with van der Waals surface area (Å²) in [7, 11) is -2.92. The number of hydrogen-bond acceptors (Lipinski definition) is 4. The number of benzene rings is 2. The smallest absolute Gasteiger partial charge is 0.475 e. The SMILES string of the molecule is CCNC1CCc2ccc(CCCCS(=O)(=O)CC3CC3)cc2C1Cc1ccc(F)c(F)c1.O=C(O)C(F)(F)F. The Labute approximate surface area is 232 Å². The lowest BCUT2D eigenvalue weighted by Gasteiger charge is -2.35. The van der Waals surface area contributed by atoms with Crippen molar-refractivity contribution in [2.24, 2.45) is 5.92 Å². The van der Waals surface area contributed by atoms with E-state index in [2.05, 4.69) is 30.4 Å². The molecular formula is C29H36F5NO4S. The van der Waals surface area contributed by atoms with E-state index in [9.17, 15) is 30.4 Å². The van der Waals surface area contributed by atoms with E-state index < -0.39 is 33.6 Å². The van der Waals surface area contributed by atoms with Gasteiger partial charge in [0.05, 0.1) is 11.5 Å². The number of fused-ring (bicyclic) bond motifs is 1.